The van der Waals surface area contributed by atoms with E-state index in [0.29, 0.717) is 11.6 Å². The zero-order valence-electron chi connectivity index (χ0n) is 23.7. The number of piperidine rings is 1. The van der Waals surface area contributed by atoms with Crippen LogP contribution in [0.4, 0.5) is 0 Å². The summed E-state index contributed by atoms with van der Waals surface area (Å²) in [5, 5.41) is 5.00. The van der Waals surface area contributed by atoms with E-state index in [1.54, 1.807) is 0 Å². The number of aryl methyl sites for hydroxylation is 1. The van der Waals surface area contributed by atoms with E-state index in [2.05, 4.69) is 69.4 Å². The van der Waals surface area contributed by atoms with Crippen molar-refractivity contribution in [3.63, 3.8) is 0 Å². The minimum absolute atomic E-state index is 0.0376. The van der Waals surface area contributed by atoms with Gasteiger partial charge in [-0.3, -0.25) is 9.59 Å². The van der Waals surface area contributed by atoms with Crippen LogP contribution >= 0.6 is 39.3 Å². The number of benzene rings is 3. The highest BCUT2D eigenvalue weighted by molar-refractivity contribution is 9.10. The number of carbonyl (C=O) groups is 2. The molecule has 3 aromatic carbocycles. The molecule has 0 bridgehead atoms. The number of thioether (sulfide) groups is 1. The third-order valence-electron chi connectivity index (χ3n) is 8.48. The van der Waals surface area contributed by atoms with E-state index in [0.717, 1.165) is 62.9 Å². The Bertz CT molecular complexity index is 1600. The normalized spacial score (nSPS) is 21.8. The summed E-state index contributed by atoms with van der Waals surface area (Å²) in [6.45, 7) is 4.32. The maximum atomic E-state index is 14.7. The van der Waals surface area contributed by atoms with Crippen molar-refractivity contribution in [3.05, 3.63) is 99.1 Å². The summed E-state index contributed by atoms with van der Waals surface area (Å²) in [7, 11) is 2.11. The van der Waals surface area contributed by atoms with Crippen molar-refractivity contribution < 1.29 is 9.59 Å². The predicted molar refractivity (Wildman–Crippen MR) is 174 cm³/mol. The van der Waals surface area contributed by atoms with E-state index in [1.165, 1.54) is 11.8 Å². The van der Waals surface area contributed by atoms with Crippen LogP contribution in [-0.2, 0) is 16.1 Å². The number of aromatic nitrogens is 1. The van der Waals surface area contributed by atoms with Crippen molar-refractivity contribution >= 4 is 62.0 Å². The van der Waals surface area contributed by atoms with Gasteiger partial charge in [-0.05, 0) is 81.9 Å². The van der Waals surface area contributed by atoms with Crippen LogP contribution in [-0.4, -0.2) is 57.5 Å². The van der Waals surface area contributed by atoms with Gasteiger partial charge in [0.15, 0.2) is 0 Å². The Morgan fingerprint density at radius 2 is 1.81 bits per heavy atom. The largest absolute Gasteiger partial charge is 0.361 e. The fourth-order valence-electron chi connectivity index (χ4n) is 6.17. The van der Waals surface area contributed by atoms with Crippen molar-refractivity contribution in [2.75, 3.05) is 20.1 Å². The van der Waals surface area contributed by atoms with Gasteiger partial charge in [-0.25, -0.2) is 0 Å². The summed E-state index contributed by atoms with van der Waals surface area (Å²) < 4.78 is -0.106. The third-order valence-corrected chi connectivity index (χ3v) is 10.7. The topological polar surface area (TPSA) is 68.4 Å². The van der Waals surface area contributed by atoms with Crippen molar-refractivity contribution in [1.82, 2.24) is 20.1 Å². The third kappa shape index (κ3) is 5.87. The lowest BCUT2D eigenvalue weighted by molar-refractivity contribution is -0.129. The van der Waals surface area contributed by atoms with Crippen LogP contribution in [0.3, 0.4) is 0 Å². The number of aromatic amines is 1. The summed E-state index contributed by atoms with van der Waals surface area (Å²) in [6, 6.07) is 21.5. The highest BCUT2D eigenvalue weighted by Crippen LogP contribution is 2.54. The van der Waals surface area contributed by atoms with E-state index >= 15 is 0 Å². The number of hydrogen-bond acceptors (Lipinski definition) is 4. The first-order valence-corrected chi connectivity index (χ1v) is 16.3. The fourth-order valence-corrected chi connectivity index (χ4v) is 8.01. The zero-order chi connectivity index (χ0) is 29.4. The average Bonchev–Trinajstić information content (AvgIpc) is 3.50. The van der Waals surface area contributed by atoms with Crippen molar-refractivity contribution in [1.29, 1.82) is 0 Å². The molecule has 6 rings (SSSR count). The number of amides is 2. The van der Waals surface area contributed by atoms with Gasteiger partial charge in [-0.15, -0.1) is 11.8 Å². The van der Waals surface area contributed by atoms with Gasteiger partial charge in [0.25, 0.3) is 0 Å². The number of nitrogens with zero attached hydrogens (tertiary/aromatic N) is 2. The van der Waals surface area contributed by atoms with Crippen molar-refractivity contribution in [2.24, 2.45) is 0 Å². The van der Waals surface area contributed by atoms with Crippen molar-refractivity contribution in [2.45, 2.75) is 54.5 Å². The molecule has 218 valence electrons. The van der Waals surface area contributed by atoms with E-state index < -0.39 is 10.8 Å². The molecule has 6 nitrogen and oxygen atoms in total. The number of likely N-dealkylation sites (tertiary alicyclic amines) is 2. The molecule has 4 aromatic rings. The molecule has 2 fully saturated rings. The minimum Gasteiger partial charge on any atom is -0.361 e. The molecule has 3 heterocycles. The van der Waals surface area contributed by atoms with E-state index in [-0.39, 0.29) is 24.3 Å². The van der Waals surface area contributed by atoms with Crippen LogP contribution in [0, 0.1) is 6.92 Å². The highest BCUT2D eigenvalue weighted by atomic mass is 79.9. The second-order valence-electron chi connectivity index (χ2n) is 11.5. The van der Waals surface area contributed by atoms with Crippen LogP contribution in [0.25, 0.3) is 10.9 Å². The Balaban J connectivity index is 1.48. The molecule has 2 N–H and O–H groups in total. The van der Waals surface area contributed by atoms with Gasteiger partial charge >= 0.3 is 0 Å². The Kier molecular flexibility index (Phi) is 8.42. The smallest absolute Gasteiger partial charge is 0.239 e. The minimum atomic E-state index is -1.08. The van der Waals surface area contributed by atoms with Gasteiger partial charge in [-0.1, -0.05) is 63.4 Å². The molecule has 2 amide bonds. The van der Waals surface area contributed by atoms with E-state index in [4.69, 9.17) is 11.6 Å². The lowest BCUT2D eigenvalue weighted by atomic mass is 9.90. The quantitative estimate of drug-likeness (QED) is 0.221. The van der Waals surface area contributed by atoms with Crippen molar-refractivity contribution in [3.8, 4) is 0 Å². The number of nitrogens with one attached hydrogen (secondary N) is 2. The van der Waals surface area contributed by atoms with Crippen LogP contribution in [0.15, 0.2) is 82.3 Å². The SMILES string of the molecule is Cc1ccc(SC2(C(=O)NC3CCN(C)CC3)CC(=O)N(Cc3ccc(Br)cc3)C2c2c[nH]c3cc(Cl)ccc23)cc1. The number of halogens is 2. The number of fused-ring (bicyclic) bond motifs is 1. The Morgan fingerprint density at radius 3 is 2.52 bits per heavy atom. The number of carbonyl (C=O) groups excluding carboxylic acids is 2. The van der Waals surface area contributed by atoms with Gasteiger partial charge in [0.2, 0.25) is 11.8 Å². The molecule has 2 atom stereocenters. The number of H-pyrrole nitrogens is 1. The van der Waals surface area contributed by atoms with Gasteiger partial charge in [0.05, 0.1) is 12.5 Å². The Labute approximate surface area is 264 Å². The van der Waals surface area contributed by atoms with Crippen LogP contribution < -0.4 is 5.32 Å². The summed E-state index contributed by atoms with van der Waals surface area (Å²) in [6.07, 6.45) is 3.83. The summed E-state index contributed by atoms with van der Waals surface area (Å²) >= 11 is 11.4. The molecule has 2 aliphatic heterocycles. The highest BCUT2D eigenvalue weighted by Gasteiger charge is 2.58. The monoisotopic (exact) mass is 664 g/mol. The Hall–Kier alpha value is -2.78. The molecule has 0 radical (unpaired) electrons. The second-order valence-corrected chi connectivity index (χ2v) is 14.3. The van der Waals surface area contributed by atoms with Gasteiger partial charge in [-0.2, -0.15) is 0 Å². The molecular formula is C33H34BrClN4O2S. The molecule has 0 aliphatic carbocycles. The maximum Gasteiger partial charge on any atom is 0.239 e. The number of rotatable bonds is 7. The maximum absolute atomic E-state index is 14.7. The molecule has 9 heteroatoms. The van der Waals surface area contributed by atoms with Crippen LogP contribution in [0.5, 0.6) is 0 Å². The van der Waals surface area contributed by atoms with Crippen LogP contribution in [0.2, 0.25) is 5.02 Å². The average molecular weight is 666 g/mol. The first-order valence-electron chi connectivity index (χ1n) is 14.3. The molecule has 2 aliphatic rings. The molecule has 2 saturated heterocycles. The summed E-state index contributed by atoms with van der Waals surface area (Å²) in [4.78, 5) is 37.4. The van der Waals surface area contributed by atoms with Crippen LogP contribution in [0.1, 0.15) is 42.0 Å². The summed E-state index contributed by atoms with van der Waals surface area (Å²) in [5.74, 6) is -0.119. The van der Waals surface area contributed by atoms with Gasteiger partial charge in [0, 0.05) is 49.6 Å². The van der Waals surface area contributed by atoms with E-state index in [1.807, 2.05) is 53.6 Å². The molecule has 2 unspecified atom stereocenters. The zero-order valence-corrected chi connectivity index (χ0v) is 26.9. The number of hydrogen-bond donors (Lipinski definition) is 2. The second kappa shape index (κ2) is 12.1. The first-order chi connectivity index (χ1) is 20.2. The standard InChI is InChI=1S/C33H34BrClN4O2S/c1-21-3-10-26(11-4-21)42-33(32(41)37-25-13-15-38(2)16-14-25)18-30(40)39(20-22-5-7-23(34)8-6-22)31(33)28-19-36-29-17-24(35)9-12-27(28)29/h3-12,17,19,25,31,36H,13-16,18,20H2,1-2H3,(H,37,41). The molecule has 0 saturated carbocycles. The van der Waals surface area contributed by atoms with Gasteiger partial charge < -0.3 is 20.1 Å². The molecule has 0 spiro atoms. The lowest BCUT2D eigenvalue weighted by Gasteiger charge is -2.38. The Morgan fingerprint density at radius 1 is 1.10 bits per heavy atom. The first kappa shape index (κ1) is 29.3. The fraction of sp³-hybridized carbons (Fsp3) is 0.333. The molecular weight excluding hydrogens is 632 g/mol. The predicted octanol–water partition coefficient (Wildman–Crippen LogP) is 7.11. The van der Waals surface area contributed by atoms with E-state index in [9.17, 15) is 9.59 Å². The molecule has 42 heavy (non-hydrogen) atoms. The summed E-state index contributed by atoms with van der Waals surface area (Å²) in [5.41, 5.74) is 3.95. The molecule has 1 aromatic heterocycles. The lowest BCUT2D eigenvalue weighted by Crippen LogP contribution is -2.53. The van der Waals surface area contributed by atoms with Gasteiger partial charge in [0.1, 0.15) is 4.75 Å².